The van der Waals surface area contributed by atoms with Crippen molar-refractivity contribution in [3.63, 3.8) is 0 Å². The number of oxime groups is 1. The molecule has 0 saturated heterocycles. The van der Waals surface area contributed by atoms with Crippen LogP contribution in [-0.4, -0.2) is 43.5 Å². The van der Waals surface area contributed by atoms with Gasteiger partial charge < -0.3 is 14.8 Å². The minimum atomic E-state index is -0.699. The van der Waals surface area contributed by atoms with Crippen molar-refractivity contribution in [2.75, 3.05) is 26.1 Å². The van der Waals surface area contributed by atoms with Gasteiger partial charge in [0.15, 0.2) is 5.78 Å². The molecular formula is C29H38N2O3. The van der Waals surface area contributed by atoms with Gasteiger partial charge in [-0.05, 0) is 98.6 Å². The lowest BCUT2D eigenvalue weighted by molar-refractivity contribution is -0.160. The fraction of sp³-hybridized carbons (Fsp3) is 0.586. The Morgan fingerprint density at radius 2 is 1.88 bits per heavy atom. The van der Waals surface area contributed by atoms with Gasteiger partial charge in [0, 0.05) is 38.2 Å². The van der Waals surface area contributed by atoms with Gasteiger partial charge in [0.05, 0.1) is 5.71 Å². The summed E-state index contributed by atoms with van der Waals surface area (Å²) in [5.41, 5.74) is 6.86. The zero-order chi connectivity index (χ0) is 24.3. The van der Waals surface area contributed by atoms with Crippen LogP contribution >= 0.6 is 0 Å². The Kier molecular flexibility index (Phi) is 5.75. The van der Waals surface area contributed by atoms with Crippen LogP contribution in [0.4, 0.5) is 5.69 Å². The SMILES string of the molecule is CO[C@]1(C(C)=O)CC[C@H]2[C@@H]3CCC4=C/C(=N\O)CCC4=C3[C@@H](c3ccc(N(C)C)cc3)C[C@@]21C. The Morgan fingerprint density at radius 1 is 1.15 bits per heavy atom. The van der Waals surface area contributed by atoms with E-state index in [2.05, 4.69) is 61.4 Å². The third kappa shape index (κ3) is 3.23. The lowest BCUT2D eigenvalue weighted by Gasteiger charge is -2.55. The maximum Gasteiger partial charge on any atom is 0.162 e. The third-order valence-corrected chi connectivity index (χ3v) is 9.73. The molecule has 2 fully saturated rings. The topological polar surface area (TPSA) is 62.1 Å². The molecule has 1 N–H and O–H groups in total. The highest BCUT2D eigenvalue weighted by Crippen LogP contribution is 2.67. The molecule has 0 unspecified atom stereocenters. The standard InChI is InChI=1S/C29H38N2O3/c1-18(32)29(34-5)15-14-26-24-12-8-20-16-21(30-33)9-13-23(20)27(24)25(17-28(26,29)2)19-6-10-22(11-7-19)31(3)4/h6-7,10-11,16,24-26,33H,8-9,12-15,17H2,1-5H3/b30-21-/t24-,25+,26-,28-,29-/m0/s1. The largest absolute Gasteiger partial charge is 0.411 e. The quantitative estimate of drug-likeness (QED) is 0.448. The lowest BCUT2D eigenvalue weighted by atomic mass is 9.50. The highest BCUT2D eigenvalue weighted by molar-refractivity contribution is 5.97. The van der Waals surface area contributed by atoms with Crippen LogP contribution in [0.15, 0.2) is 52.2 Å². The van der Waals surface area contributed by atoms with Crippen molar-refractivity contribution in [2.45, 2.75) is 70.3 Å². The summed E-state index contributed by atoms with van der Waals surface area (Å²) in [7, 11) is 5.88. The molecule has 4 aliphatic carbocycles. The number of fused-ring (bicyclic) bond motifs is 4. The van der Waals surface area contributed by atoms with Crippen LogP contribution in [-0.2, 0) is 9.53 Å². The predicted octanol–water partition coefficient (Wildman–Crippen LogP) is 5.89. The van der Waals surface area contributed by atoms with Crippen molar-refractivity contribution in [1.29, 1.82) is 0 Å². The number of carbonyl (C=O) groups excluding carboxylic acids is 1. The number of Topliss-reactive ketones (excluding diaryl/α,β-unsaturated/α-hetero) is 1. The summed E-state index contributed by atoms with van der Waals surface area (Å²) in [5, 5.41) is 12.9. The average molecular weight is 463 g/mol. The number of allylic oxidation sites excluding steroid dienone is 4. The highest BCUT2D eigenvalue weighted by Gasteiger charge is 2.65. The summed E-state index contributed by atoms with van der Waals surface area (Å²) in [6.45, 7) is 4.06. The smallest absolute Gasteiger partial charge is 0.162 e. The van der Waals surface area contributed by atoms with E-state index in [4.69, 9.17) is 4.74 Å². The molecule has 2 saturated carbocycles. The van der Waals surface area contributed by atoms with Crippen molar-refractivity contribution >= 4 is 17.2 Å². The maximum absolute atomic E-state index is 13.1. The van der Waals surface area contributed by atoms with Gasteiger partial charge >= 0.3 is 0 Å². The number of nitrogens with zero attached hydrogens (tertiary/aromatic N) is 2. The molecule has 0 radical (unpaired) electrons. The molecule has 0 bridgehead atoms. The number of hydrogen-bond acceptors (Lipinski definition) is 5. The monoisotopic (exact) mass is 462 g/mol. The van der Waals surface area contributed by atoms with Gasteiger partial charge in [0.1, 0.15) is 5.60 Å². The first-order chi connectivity index (χ1) is 16.3. The lowest BCUT2D eigenvalue weighted by Crippen LogP contribution is -2.56. The summed E-state index contributed by atoms with van der Waals surface area (Å²) in [6.07, 6.45) is 8.73. The first kappa shape index (κ1) is 23.3. The van der Waals surface area contributed by atoms with Crippen LogP contribution in [0.3, 0.4) is 0 Å². The Hall–Kier alpha value is -2.40. The van der Waals surface area contributed by atoms with Crippen molar-refractivity contribution in [3.8, 4) is 0 Å². The van der Waals surface area contributed by atoms with Crippen molar-refractivity contribution in [1.82, 2.24) is 0 Å². The molecule has 0 amide bonds. The van der Waals surface area contributed by atoms with Crippen LogP contribution in [0, 0.1) is 17.3 Å². The molecule has 5 atom stereocenters. The summed E-state index contributed by atoms with van der Waals surface area (Å²) in [4.78, 5) is 15.2. The molecule has 0 aliphatic heterocycles. The minimum absolute atomic E-state index is 0.177. The molecule has 5 heteroatoms. The molecule has 0 spiro atoms. The molecule has 5 nitrogen and oxygen atoms in total. The van der Waals surface area contributed by atoms with E-state index in [0.29, 0.717) is 11.8 Å². The van der Waals surface area contributed by atoms with E-state index in [1.165, 1.54) is 22.4 Å². The molecule has 5 rings (SSSR count). The highest BCUT2D eigenvalue weighted by atomic mass is 16.5. The number of hydrogen-bond donors (Lipinski definition) is 1. The van der Waals surface area contributed by atoms with Gasteiger partial charge in [-0.3, -0.25) is 4.79 Å². The molecule has 4 aliphatic rings. The second kappa shape index (κ2) is 8.37. The molecule has 34 heavy (non-hydrogen) atoms. The van der Waals surface area contributed by atoms with Gasteiger partial charge in [0.2, 0.25) is 0 Å². The second-order valence-corrected chi connectivity index (χ2v) is 11.2. The summed E-state index contributed by atoms with van der Waals surface area (Å²) >= 11 is 0. The van der Waals surface area contributed by atoms with Gasteiger partial charge in [-0.1, -0.05) is 29.8 Å². The van der Waals surface area contributed by atoms with E-state index in [1.807, 2.05) is 0 Å². The van der Waals surface area contributed by atoms with Crippen LogP contribution in [0.1, 0.15) is 70.3 Å². The minimum Gasteiger partial charge on any atom is -0.411 e. The second-order valence-electron chi connectivity index (χ2n) is 11.2. The summed E-state index contributed by atoms with van der Waals surface area (Å²) in [6, 6.07) is 8.99. The average Bonchev–Trinajstić information content (AvgIpc) is 3.16. The predicted molar refractivity (Wildman–Crippen MR) is 136 cm³/mol. The van der Waals surface area contributed by atoms with Gasteiger partial charge in [-0.2, -0.15) is 0 Å². The number of methoxy groups -OCH3 is 1. The van der Waals surface area contributed by atoms with Gasteiger partial charge in [-0.25, -0.2) is 0 Å². The van der Waals surface area contributed by atoms with Crippen molar-refractivity contribution in [3.05, 3.63) is 52.6 Å². The Bertz CT molecular complexity index is 1080. The molecular weight excluding hydrogens is 424 g/mol. The first-order valence-corrected chi connectivity index (χ1v) is 12.7. The van der Waals surface area contributed by atoms with E-state index < -0.39 is 5.60 Å². The van der Waals surface area contributed by atoms with Crippen molar-refractivity contribution in [2.24, 2.45) is 22.4 Å². The maximum atomic E-state index is 13.1. The molecule has 1 aromatic carbocycles. The van der Waals surface area contributed by atoms with E-state index in [0.717, 1.165) is 50.7 Å². The Labute approximate surface area is 203 Å². The van der Waals surface area contributed by atoms with Crippen LogP contribution in [0.5, 0.6) is 0 Å². The van der Waals surface area contributed by atoms with Crippen LogP contribution in [0.2, 0.25) is 0 Å². The number of ketones is 1. The van der Waals surface area contributed by atoms with E-state index >= 15 is 0 Å². The Morgan fingerprint density at radius 3 is 2.50 bits per heavy atom. The zero-order valence-electron chi connectivity index (χ0n) is 21.2. The summed E-state index contributed by atoms with van der Waals surface area (Å²) < 4.78 is 6.16. The fourth-order valence-electron chi connectivity index (χ4n) is 8.10. The van der Waals surface area contributed by atoms with Crippen LogP contribution in [0.25, 0.3) is 0 Å². The number of ether oxygens (including phenoxy) is 1. The van der Waals surface area contributed by atoms with E-state index in [-0.39, 0.29) is 17.1 Å². The zero-order valence-corrected chi connectivity index (χ0v) is 21.2. The molecule has 0 aromatic heterocycles. The molecule has 1 aromatic rings. The number of benzene rings is 1. The van der Waals surface area contributed by atoms with Gasteiger partial charge in [0.25, 0.3) is 0 Å². The molecule has 0 heterocycles. The van der Waals surface area contributed by atoms with E-state index in [9.17, 15) is 10.0 Å². The fourth-order valence-corrected chi connectivity index (χ4v) is 8.10. The van der Waals surface area contributed by atoms with E-state index in [1.54, 1.807) is 19.6 Å². The number of anilines is 1. The third-order valence-electron chi connectivity index (χ3n) is 9.73. The number of rotatable bonds is 4. The molecule has 182 valence electrons. The Balaban J connectivity index is 1.68. The normalized spacial score (nSPS) is 36.0. The summed E-state index contributed by atoms with van der Waals surface area (Å²) in [5.74, 6) is 1.36. The van der Waals surface area contributed by atoms with Crippen molar-refractivity contribution < 1.29 is 14.7 Å². The van der Waals surface area contributed by atoms with Gasteiger partial charge in [-0.15, -0.1) is 0 Å². The van der Waals surface area contributed by atoms with Crippen LogP contribution < -0.4 is 4.90 Å². The first-order valence-electron chi connectivity index (χ1n) is 12.7. The number of carbonyl (C=O) groups is 1.